The van der Waals surface area contributed by atoms with E-state index in [2.05, 4.69) is 61.6 Å². The second-order valence-corrected chi connectivity index (χ2v) is 5.69. The predicted octanol–water partition coefficient (Wildman–Crippen LogP) is 4.02. The summed E-state index contributed by atoms with van der Waals surface area (Å²) in [4.78, 5) is 0. The van der Waals surface area contributed by atoms with Gasteiger partial charge in [-0.3, -0.25) is 0 Å². The van der Waals surface area contributed by atoms with Crippen molar-refractivity contribution in [3.05, 3.63) is 64.7 Å². The molecule has 0 saturated heterocycles. The van der Waals surface area contributed by atoms with E-state index in [1.54, 1.807) is 0 Å². The minimum atomic E-state index is 0.197. The zero-order valence-electron chi connectivity index (χ0n) is 12.9. The maximum absolute atomic E-state index is 5.99. The van der Waals surface area contributed by atoms with Gasteiger partial charge in [0.25, 0.3) is 0 Å². The average Bonchev–Trinajstić information content (AvgIpc) is 2.52. The van der Waals surface area contributed by atoms with Gasteiger partial charge in [0.2, 0.25) is 0 Å². The van der Waals surface area contributed by atoms with Crippen LogP contribution in [0.15, 0.2) is 42.5 Å². The molecule has 0 saturated carbocycles. The van der Waals surface area contributed by atoms with E-state index in [9.17, 15) is 0 Å². The lowest BCUT2D eigenvalue weighted by Crippen LogP contribution is -2.24. The lowest BCUT2D eigenvalue weighted by atomic mass is 9.93. The normalized spacial score (nSPS) is 15.1. The maximum Gasteiger partial charge on any atom is 0.127 e. The van der Waals surface area contributed by atoms with Crippen molar-refractivity contribution >= 4 is 0 Å². The molecular weight excluding hydrogens is 258 g/mol. The molecule has 0 aromatic heterocycles. The van der Waals surface area contributed by atoms with Gasteiger partial charge in [-0.05, 0) is 37.4 Å². The van der Waals surface area contributed by atoms with Crippen molar-refractivity contribution < 1.29 is 4.74 Å². The molecule has 1 N–H and O–H groups in total. The Kier molecular flexibility index (Phi) is 4.26. The monoisotopic (exact) mass is 281 g/mol. The summed E-state index contributed by atoms with van der Waals surface area (Å²) in [5, 5.41) is 3.61. The Morgan fingerprint density at radius 2 is 2.05 bits per heavy atom. The first-order chi connectivity index (χ1) is 10.3. The van der Waals surface area contributed by atoms with Gasteiger partial charge in [-0.1, -0.05) is 55.0 Å². The van der Waals surface area contributed by atoms with E-state index in [1.807, 2.05) is 0 Å². The average molecular weight is 281 g/mol. The summed E-state index contributed by atoms with van der Waals surface area (Å²) in [7, 11) is 0. The predicted molar refractivity (Wildman–Crippen MR) is 87.0 cm³/mol. The SMILES string of the molecule is CCNC(c1cccc(C)c1)c1cccc2c1OCCC2. The Balaban J connectivity index is 2.05. The second-order valence-electron chi connectivity index (χ2n) is 5.69. The first-order valence-electron chi connectivity index (χ1n) is 7.84. The summed E-state index contributed by atoms with van der Waals surface area (Å²) in [5.74, 6) is 1.09. The largest absolute Gasteiger partial charge is 0.493 e. The molecule has 1 aliphatic rings. The Bertz CT molecular complexity index is 621. The molecule has 0 bridgehead atoms. The number of para-hydroxylation sites is 1. The van der Waals surface area contributed by atoms with Crippen LogP contribution in [-0.2, 0) is 6.42 Å². The van der Waals surface area contributed by atoms with Crippen molar-refractivity contribution in [3.63, 3.8) is 0 Å². The van der Waals surface area contributed by atoms with Crippen molar-refractivity contribution in [2.45, 2.75) is 32.7 Å². The van der Waals surface area contributed by atoms with E-state index < -0.39 is 0 Å². The number of fused-ring (bicyclic) bond motifs is 1. The Labute approximate surface area is 127 Å². The van der Waals surface area contributed by atoms with Crippen molar-refractivity contribution in [1.82, 2.24) is 5.32 Å². The van der Waals surface area contributed by atoms with Crippen molar-refractivity contribution in [2.24, 2.45) is 0 Å². The van der Waals surface area contributed by atoms with Crippen LogP contribution in [-0.4, -0.2) is 13.2 Å². The van der Waals surface area contributed by atoms with Crippen LogP contribution in [0.4, 0.5) is 0 Å². The van der Waals surface area contributed by atoms with E-state index in [4.69, 9.17) is 4.74 Å². The van der Waals surface area contributed by atoms with Gasteiger partial charge in [-0.2, -0.15) is 0 Å². The first-order valence-corrected chi connectivity index (χ1v) is 7.84. The van der Waals surface area contributed by atoms with Crippen LogP contribution in [0, 0.1) is 6.92 Å². The molecule has 2 heteroatoms. The lowest BCUT2D eigenvalue weighted by molar-refractivity contribution is 0.283. The molecule has 0 fully saturated rings. The van der Waals surface area contributed by atoms with Gasteiger partial charge >= 0.3 is 0 Å². The van der Waals surface area contributed by atoms with Crippen molar-refractivity contribution in [3.8, 4) is 5.75 Å². The van der Waals surface area contributed by atoms with E-state index in [0.29, 0.717) is 0 Å². The van der Waals surface area contributed by atoms with Crippen molar-refractivity contribution in [2.75, 3.05) is 13.2 Å². The molecule has 0 radical (unpaired) electrons. The quantitative estimate of drug-likeness (QED) is 0.914. The topological polar surface area (TPSA) is 21.3 Å². The van der Waals surface area contributed by atoms with E-state index in [1.165, 1.54) is 22.3 Å². The summed E-state index contributed by atoms with van der Waals surface area (Å²) >= 11 is 0. The van der Waals surface area contributed by atoms with Gasteiger partial charge in [-0.25, -0.2) is 0 Å². The fourth-order valence-electron chi connectivity index (χ4n) is 3.10. The van der Waals surface area contributed by atoms with E-state index >= 15 is 0 Å². The molecule has 1 atom stereocenters. The highest BCUT2D eigenvalue weighted by atomic mass is 16.5. The van der Waals surface area contributed by atoms with Gasteiger partial charge in [-0.15, -0.1) is 0 Å². The number of hydrogen-bond acceptors (Lipinski definition) is 2. The number of benzene rings is 2. The van der Waals surface area contributed by atoms with Crippen LogP contribution in [0.3, 0.4) is 0 Å². The van der Waals surface area contributed by atoms with Crippen LogP contribution in [0.25, 0.3) is 0 Å². The number of ether oxygens (including phenoxy) is 1. The number of aryl methyl sites for hydroxylation is 2. The summed E-state index contributed by atoms with van der Waals surface area (Å²) < 4.78 is 5.99. The molecular formula is C19H23NO. The summed E-state index contributed by atoms with van der Waals surface area (Å²) in [6, 6.07) is 15.5. The fraction of sp³-hybridized carbons (Fsp3) is 0.368. The molecule has 0 amide bonds. The summed E-state index contributed by atoms with van der Waals surface area (Å²) in [6.07, 6.45) is 2.24. The molecule has 1 unspecified atom stereocenters. The molecule has 2 nitrogen and oxygen atoms in total. The third kappa shape index (κ3) is 2.96. The molecule has 110 valence electrons. The van der Waals surface area contributed by atoms with Gasteiger partial charge < -0.3 is 10.1 Å². The van der Waals surface area contributed by atoms with Crippen LogP contribution >= 0.6 is 0 Å². The maximum atomic E-state index is 5.99. The highest BCUT2D eigenvalue weighted by molar-refractivity contribution is 5.48. The van der Waals surface area contributed by atoms with E-state index in [0.717, 1.165) is 31.7 Å². The third-order valence-electron chi connectivity index (χ3n) is 4.06. The fourth-order valence-corrected chi connectivity index (χ4v) is 3.10. The lowest BCUT2D eigenvalue weighted by Gasteiger charge is -2.26. The van der Waals surface area contributed by atoms with Crippen LogP contribution in [0.2, 0.25) is 0 Å². The van der Waals surface area contributed by atoms with Gasteiger partial charge in [0.1, 0.15) is 5.75 Å². The number of rotatable bonds is 4. The molecule has 2 aromatic carbocycles. The molecule has 0 aliphatic carbocycles. The molecule has 1 heterocycles. The smallest absolute Gasteiger partial charge is 0.127 e. The second kappa shape index (κ2) is 6.31. The summed E-state index contributed by atoms with van der Waals surface area (Å²) in [6.45, 7) is 6.06. The van der Waals surface area contributed by atoms with Crippen LogP contribution in [0.1, 0.15) is 41.6 Å². The highest BCUT2D eigenvalue weighted by Gasteiger charge is 2.21. The minimum absolute atomic E-state index is 0.197. The number of hydrogen-bond donors (Lipinski definition) is 1. The zero-order chi connectivity index (χ0) is 14.7. The third-order valence-corrected chi connectivity index (χ3v) is 4.06. The molecule has 21 heavy (non-hydrogen) atoms. The van der Waals surface area contributed by atoms with Gasteiger partial charge in [0.05, 0.1) is 12.6 Å². The van der Waals surface area contributed by atoms with E-state index in [-0.39, 0.29) is 6.04 Å². The highest BCUT2D eigenvalue weighted by Crippen LogP contribution is 2.35. The van der Waals surface area contributed by atoms with Crippen molar-refractivity contribution in [1.29, 1.82) is 0 Å². The standard InChI is InChI=1S/C19H23NO/c1-3-20-18(16-9-4-7-14(2)13-16)17-11-5-8-15-10-6-12-21-19(15)17/h4-5,7-9,11,13,18,20H,3,6,10,12H2,1-2H3. The molecule has 0 spiro atoms. The molecule has 3 rings (SSSR count). The first kappa shape index (κ1) is 14.2. The Morgan fingerprint density at radius 3 is 2.86 bits per heavy atom. The van der Waals surface area contributed by atoms with Crippen LogP contribution in [0.5, 0.6) is 5.75 Å². The van der Waals surface area contributed by atoms with Crippen LogP contribution < -0.4 is 10.1 Å². The van der Waals surface area contributed by atoms with Gasteiger partial charge in [0.15, 0.2) is 0 Å². The zero-order valence-corrected chi connectivity index (χ0v) is 12.9. The number of nitrogens with one attached hydrogen (secondary N) is 1. The Morgan fingerprint density at radius 1 is 1.19 bits per heavy atom. The molecule has 1 aliphatic heterocycles. The van der Waals surface area contributed by atoms with Gasteiger partial charge in [0, 0.05) is 5.56 Å². The summed E-state index contributed by atoms with van der Waals surface area (Å²) in [5.41, 5.74) is 5.20. The molecule has 2 aromatic rings. The Hall–Kier alpha value is -1.80. The minimum Gasteiger partial charge on any atom is -0.493 e.